The van der Waals surface area contributed by atoms with E-state index in [4.69, 9.17) is 18.9 Å². The number of thiazole rings is 1. The highest BCUT2D eigenvalue weighted by molar-refractivity contribution is 9.10. The summed E-state index contributed by atoms with van der Waals surface area (Å²) in [6.45, 7) is 8.11. The van der Waals surface area contributed by atoms with Crippen molar-refractivity contribution in [3.63, 3.8) is 0 Å². The Kier molecular flexibility index (Phi) is 9.82. The Morgan fingerprint density at radius 1 is 1.11 bits per heavy atom. The minimum atomic E-state index is -0.726. The van der Waals surface area contributed by atoms with E-state index in [-0.39, 0.29) is 12.2 Å². The maximum atomic E-state index is 14.0. The van der Waals surface area contributed by atoms with Gasteiger partial charge in [-0.15, -0.1) is 0 Å². The first-order valence-electron chi connectivity index (χ1n) is 13.9. The molecule has 44 heavy (non-hydrogen) atoms. The number of methoxy groups -OCH3 is 1. The van der Waals surface area contributed by atoms with Gasteiger partial charge < -0.3 is 18.9 Å². The van der Waals surface area contributed by atoms with Gasteiger partial charge in [-0.1, -0.05) is 66.5 Å². The molecule has 0 saturated heterocycles. The average Bonchev–Trinajstić information content (AvgIpc) is 3.33. The maximum Gasteiger partial charge on any atom is 0.338 e. The lowest BCUT2D eigenvalue weighted by molar-refractivity contribution is -0.139. The van der Waals surface area contributed by atoms with Crippen LogP contribution in [0.4, 0.5) is 0 Å². The van der Waals surface area contributed by atoms with E-state index in [1.807, 2.05) is 54.6 Å². The first-order valence-corrected chi connectivity index (χ1v) is 15.5. The van der Waals surface area contributed by atoms with Crippen molar-refractivity contribution in [3.8, 4) is 17.2 Å². The van der Waals surface area contributed by atoms with Crippen LogP contribution in [0.3, 0.4) is 0 Å². The number of allylic oxidation sites excluding steroid dienone is 1. The summed E-state index contributed by atoms with van der Waals surface area (Å²) in [7, 11) is 1.57. The number of nitrogens with zero attached hydrogens (tertiary/aromatic N) is 2. The zero-order valence-corrected chi connectivity index (χ0v) is 26.9. The molecule has 0 amide bonds. The quantitative estimate of drug-likeness (QED) is 0.150. The SMILES string of the molecule is C=CCOc1ccc([C@H]2C(C(=O)OCC)=C(C)N=c3s/c(=C\c4cc(Br)c(OCc5ccccc5)c(OC)c4)c(=O)n32)cc1. The molecule has 0 fully saturated rings. The molecule has 0 saturated carbocycles. The lowest BCUT2D eigenvalue weighted by atomic mass is 9.96. The van der Waals surface area contributed by atoms with Crippen molar-refractivity contribution in [2.24, 2.45) is 4.99 Å². The van der Waals surface area contributed by atoms with Gasteiger partial charge in [0.15, 0.2) is 16.3 Å². The van der Waals surface area contributed by atoms with Crippen LogP contribution in [-0.2, 0) is 16.1 Å². The fourth-order valence-corrected chi connectivity index (χ4v) is 6.47. The fourth-order valence-electron chi connectivity index (χ4n) is 4.85. The van der Waals surface area contributed by atoms with Crippen molar-refractivity contribution in [1.29, 1.82) is 0 Å². The number of fused-ring (bicyclic) bond motifs is 1. The summed E-state index contributed by atoms with van der Waals surface area (Å²) in [5.41, 5.74) is 3.02. The van der Waals surface area contributed by atoms with Crippen LogP contribution in [0, 0.1) is 0 Å². The number of benzene rings is 3. The van der Waals surface area contributed by atoms with Gasteiger partial charge >= 0.3 is 5.97 Å². The smallest absolute Gasteiger partial charge is 0.338 e. The van der Waals surface area contributed by atoms with Crippen molar-refractivity contribution in [3.05, 3.63) is 132 Å². The molecule has 3 aromatic carbocycles. The molecule has 0 spiro atoms. The molecule has 1 aliphatic heterocycles. The van der Waals surface area contributed by atoms with Crippen molar-refractivity contribution in [2.75, 3.05) is 20.3 Å². The second-order valence-corrected chi connectivity index (χ2v) is 11.6. The highest BCUT2D eigenvalue weighted by Crippen LogP contribution is 2.37. The van der Waals surface area contributed by atoms with Crippen LogP contribution >= 0.6 is 27.3 Å². The molecule has 0 N–H and O–H groups in total. The van der Waals surface area contributed by atoms with Crippen molar-refractivity contribution in [2.45, 2.75) is 26.5 Å². The van der Waals surface area contributed by atoms with Gasteiger partial charge in [0.25, 0.3) is 5.56 Å². The molecule has 0 radical (unpaired) electrons. The summed E-state index contributed by atoms with van der Waals surface area (Å²) >= 11 is 4.86. The van der Waals surface area contributed by atoms with Crippen molar-refractivity contribution in [1.82, 2.24) is 4.57 Å². The minimum absolute atomic E-state index is 0.197. The zero-order chi connectivity index (χ0) is 31.2. The highest BCUT2D eigenvalue weighted by Gasteiger charge is 2.33. The largest absolute Gasteiger partial charge is 0.493 e. The normalized spacial score (nSPS) is 14.5. The van der Waals surface area contributed by atoms with E-state index < -0.39 is 12.0 Å². The molecule has 0 bridgehead atoms. The van der Waals surface area contributed by atoms with Gasteiger partial charge in [-0.05, 0) is 76.8 Å². The monoisotopic (exact) mass is 674 g/mol. The summed E-state index contributed by atoms with van der Waals surface area (Å²) in [5, 5.41) is 0. The Morgan fingerprint density at radius 3 is 2.55 bits per heavy atom. The number of rotatable bonds is 11. The topological polar surface area (TPSA) is 88.4 Å². The van der Waals surface area contributed by atoms with Gasteiger partial charge in [0.2, 0.25) is 0 Å². The number of carbonyl (C=O) groups is 1. The number of aromatic nitrogens is 1. The predicted octanol–water partition coefficient (Wildman–Crippen LogP) is 5.71. The molecule has 1 aromatic heterocycles. The van der Waals surface area contributed by atoms with Gasteiger partial charge in [-0.25, -0.2) is 9.79 Å². The predicted molar refractivity (Wildman–Crippen MR) is 174 cm³/mol. The van der Waals surface area contributed by atoms with Gasteiger partial charge in [-0.2, -0.15) is 0 Å². The first-order chi connectivity index (χ1) is 21.3. The van der Waals surface area contributed by atoms with Crippen LogP contribution in [-0.4, -0.2) is 30.9 Å². The first kappa shape index (κ1) is 31.0. The Hall–Kier alpha value is -4.41. The fraction of sp³-hybridized carbons (Fsp3) is 0.206. The molecule has 0 aliphatic carbocycles. The second kappa shape index (κ2) is 13.9. The summed E-state index contributed by atoms with van der Waals surface area (Å²) in [6.07, 6.45) is 3.45. The molecule has 226 valence electrons. The van der Waals surface area contributed by atoms with E-state index in [9.17, 15) is 9.59 Å². The average molecular weight is 676 g/mol. The molecule has 2 heterocycles. The Bertz CT molecular complexity index is 1890. The van der Waals surface area contributed by atoms with Gasteiger partial charge in [0, 0.05) is 0 Å². The minimum Gasteiger partial charge on any atom is -0.493 e. The van der Waals surface area contributed by atoms with Crippen LogP contribution < -0.4 is 29.1 Å². The van der Waals surface area contributed by atoms with E-state index in [0.29, 0.717) is 55.5 Å². The third-order valence-electron chi connectivity index (χ3n) is 6.86. The van der Waals surface area contributed by atoms with E-state index in [2.05, 4.69) is 27.5 Å². The molecule has 8 nitrogen and oxygen atoms in total. The van der Waals surface area contributed by atoms with E-state index >= 15 is 0 Å². The van der Waals surface area contributed by atoms with Crippen LogP contribution in [0.1, 0.15) is 36.6 Å². The number of ether oxygens (including phenoxy) is 4. The number of hydrogen-bond donors (Lipinski definition) is 0. The Balaban J connectivity index is 1.57. The molecular formula is C34H31BrN2O6S. The van der Waals surface area contributed by atoms with Gasteiger partial charge in [0.05, 0.1) is 40.0 Å². The van der Waals surface area contributed by atoms with Crippen LogP contribution in [0.2, 0.25) is 0 Å². The zero-order valence-electron chi connectivity index (χ0n) is 24.5. The summed E-state index contributed by atoms with van der Waals surface area (Å²) in [6, 6.07) is 20.1. The van der Waals surface area contributed by atoms with Crippen LogP contribution in [0.25, 0.3) is 6.08 Å². The molecule has 1 aliphatic rings. The third kappa shape index (κ3) is 6.56. The highest BCUT2D eigenvalue weighted by atomic mass is 79.9. The van der Waals surface area contributed by atoms with Crippen molar-refractivity contribution < 1.29 is 23.7 Å². The molecule has 4 aromatic rings. The third-order valence-corrected chi connectivity index (χ3v) is 8.43. The van der Waals surface area contributed by atoms with Crippen LogP contribution in [0.15, 0.2) is 105 Å². The standard InChI is InChI=1S/C34H31BrN2O6S/c1-5-16-42-25-14-12-24(13-15-25)30-29(33(39)41-6-2)21(3)36-34-37(30)32(38)28(44-34)19-23-17-26(35)31(27(18-23)40-4)43-20-22-10-8-7-9-11-22/h5,7-15,17-19,30H,1,6,16,20H2,2-4H3/b28-19-/t30-/m0/s1. The van der Waals surface area contributed by atoms with Crippen LogP contribution in [0.5, 0.6) is 17.2 Å². The van der Waals surface area contributed by atoms with E-state index in [0.717, 1.165) is 16.7 Å². The van der Waals surface area contributed by atoms with Crippen molar-refractivity contribution >= 4 is 39.3 Å². The van der Waals surface area contributed by atoms with E-state index in [1.54, 1.807) is 49.8 Å². The molecule has 5 rings (SSSR count). The van der Waals surface area contributed by atoms with Gasteiger partial charge in [0.1, 0.15) is 19.0 Å². The number of halogens is 1. The molecule has 1 atom stereocenters. The van der Waals surface area contributed by atoms with E-state index in [1.165, 1.54) is 11.3 Å². The Labute approximate surface area is 267 Å². The molecule has 10 heteroatoms. The number of carbonyl (C=O) groups excluding carboxylic acids is 1. The molecule has 0 unspecified atom stereocenters. The number of esters is 1. The summed E-state index contributed by atoms with van der Waals surface area (Å²) in [5.74, 6) is 1.21. The van der Waals surface area contributed by atoms with Gasteiger partial charge in [-0.3, -0.25) is 9.36 Å². The molecular weight excluding hydrogens is 644 g/mol. The second-order valence-electron chi connectivity index (χ2n) is 9.78. The lowest BCUT2D eigenvalue weighted by Crippen LogP contribution is -2.39. The lowest BCUT2D eigenvalue weighted by Gasteiger charge is -2.24. The maximum absolute atomic E-state index is 14.0. The number of hydrogen-bond acceptors (Lipinski definition) is 8. The summed E-state index contributed by atoms with van der Waals surface area (Å²) in [4.78, 5) is 32.3. The Morgan fingerprint density at radius 2 is 1.86 bits per heavy atom. The summed E-state index contributed by atoms with van der Waals surface area (Å²) < 4.78 is 25.4.